The van der Waals surface area contributed by atoms with Crippen LogP contribution in [0.15, 0.2) is 108 Å². The summed E-state index contributed by atoms with van der Waals surface area (Å²) in [5.74, 6) is -2.53. The molecule has 2 fully saturated rings. The molecule has 0 unspecified atom stereocenters. The second-order valence-corrected chi connectivity index (χ2v) is 15.2. The summed E-state index contributed by atoms with van der Waals surface area (Å²) < 4.78 is 30.3. The lowest BCUT2D eigenvalue weighted by Crippen LogP contribution is -2.48. The van der Waals surface area contributed by atoms with Gasteiger partial charge in [0.05, 0.1) is 60.7 Å². The molecule has 1 N–H and O–H groups in total. The van der Waals surface area contributed by atoms with E-state index in [1.165, 1.54) is 32.4 Å². The summed E-state index contributed by atoms with van der Waals surface area (Å²) in [7, 11) is 2.42. The summed E-state index contributed by atoms with van der Waals surface area (Å²) in [4.78, 5) is 55.4. The van der Waals surface area contributed by atoms with Crippen molar-refractivity contribution in [2.75, 3.05) is 58.5 Å². The zero-order chi connectivity index (χ0) is 43.8. The van der Waals surface area contributed by atoms with Crippen molar-refractivity contribution < 1.29 is 43.0 Å². The standard InChI is InChI=1S/C26H28Cl2N4O4.C17H18N2O6/c1-19(33)31-10-12-32(13-11-31)21-3-5-22(6-4-21)34-15-23-16-35-26(36-23,17-30-9-8-29-18-30)24-7-2-20(27)14-25(24)28;1-9-13(16(20)24-3)15(14(10(2)18-9)17(21)25-4)11-7-5-6-8-12(11)19(22)23/h2-9,14,18,23H,10-13,15-17H2,1H3;5-8,15,18H,1-4H3/t23-,26-;/m0./s1. The van der Waals surface area contributed by atoms with Crippen molar-refractivity contribution in [3.8, 4) is 5.75 Å². The molecule has 2 saturated heterocycles. The van der Waals surface area contributed by atoms with Crippen LogP contribution in [0.4, 0.5) is 11.4 Å². The molecule has 0 saturated carbocycles. The number of nitrogens with zero attached hydrogens (tertiary/aromatic N) is 5. The number of halogens is 2. The molecule has 7 rings (SSSR count). The van der Waals surface area contributed by atoms with Gasteiger partial charge in [0.15, 0.2) is 0 Å². The largest absolute Gasteiger partial charge is 0.491 e. The number of nitro groups is 1. The van der Waals surface area contributed by atoms with Crippen LogP contribution in [0, 0.1) is 10.1 Å². The number of nitro benzene ring substituents is 1. The number of imidazole rings is 1. The van der Waals surface area contributed by atoms with Crippen LogP contribution in [0.5, 0.6) is 5.75 Å². The third-order valence-corrected chi connectivity index (χ3v) is 11.1. The quantitative estimate of drug-likeness (QED) is 0.0999. The highest BCUT2D eigenvalue weighted by Gasteiger charge is 2.45. The first kappa shape index (κ1) is 44.6. The van der Waals surface area contributed by atoms with E-state index in [0.717, 1.165) is 37.6 Å². The zero-order valence-corrected chi connectivity index (χ0v) is 35.8. The molecule has 0 radical (unpaired) electrons. The van der Waals surface area contributed by atoms with E-state index < -0.39 is 28.6 Å². The molecular weight excluding hydrogens is 831 g/mol. The summed E-state index contributed by atoms with van der Waals surface area (Å²) in [5, 5.41) is 15.4. The number of dihydropyridines is 1. The number of benzene rings is 3. The summed E-state index contributed by atoms with van der Waals surface area (Å²) in [6, 6.07) is 19.3. The predicted molar refractivity (Wildman–Crippen MR) is 226 cm³/mol. The van der Waals surface area contributed by atoms with Crippen molar-refractivity contribution in [1.82, 2.24) is 19.8 Å². The lowest BCUT2D eigenvalue weighted by atomic mass is 9.79. The molecule has 0 bridgehead atoms. The summed E-state index contributed by atoms with van der Waals surface area (Å²) in [6.07, 6.45) is 4.98. The minimum atomic E-state index is -1.08. The van der Waals surface area contributed by atoms with E-state index in [-0.39, 0.29) is 34.4 Å². The molecule has 0 aliphatic carbocycles. The summed E-state index contributed by atoms with van der Waals surface area (Å²) >= 11 is 12.7. The maximum absolute atomic E-state index is 12.3. The first-order valence-corrected chi connectivity index (χ1v) is 20.1. The second kappa shape index (κ2) is 19.6. The van der Waals surface area contributed by atoms with Gasteiger partial charge in [-0.25, -0.2) is 14.6 Å². The number of amides is 1. The van der Waals surface area contributed by atoms with Gasteiger partial charge in [-0.1, -0.05) is 47.5 Å². The molecule has 61 heavy (non-hydrogen) atoms. The van der Waals surface area contributed by atoms with Gasteiger partial charge in [0.1, 0.15) is 18.5 Å². The third-order valence-electron chi connectivity index (χ3n) is 10.5. The van der Waals surface area contributed by atoms with Gasteiger partial charge in [-0.05, 0) is 50.2 Å². The maximum atomic E-state index is 12.3. The van der Waals surface area contributed by atoms with E-state index in [2.05, 4.69) is 15.2 Å². The number of ether oxygens (including phenoxy) is 5. The van der Waals surface area contributed by atoms with Crippen LogP contribution in [0.25, 0.3) is 0 Å². The highest BCUT2D eigenvalue weighted by molar-refractivity contribution is 6.35. The molecule has 4 heterocycles. The average Bonchev–Trinajstić information content (AvgIpc) is 3.93. The Morgan fingerprint density at radius 2 is 1.61 bits per heavy atom. The minimum absolute atomic E-state index is 0.128. The van der Waals surface area contributed by atoms with E-state index in [1.807, 2.05) is 46.0 Å². The lowest BCUT2D eigenvalue weighted by molar-refractivity contribution is -0.385. The molecule has 3 aliphatic heterocycles. The summed E-state index contributed by atoms with van der Waals surface area (Å²) in [6.45, 7) is 9.09. The Morgan fingerprint density at radius 3 is 2.18 bits per heavy atom. The average molecular weight is 878 g/mol. The zero-order valence-electron chi connectivity index (χ0n) is 34.3. The molecular formula is C43H46Cl2N6O10. The van der Waals surface area contributed by atoms with Crippen LogP contribution in [0.2, 0.25) is 10.0 Å². The molecule has 16 nitrogen and oxygen atoms in total. The highest BCUT2D eigenvalue weighted by Crippen LogP contribution is 2.43. The van der Waals surface area contributed by atoms with E-state index in [1.54, 1.807) is 51.5 Å². The third kappa shape index (κ3) is 10.2. The van der Waals surface area contributed by atoms with Crippen molar-refractivity contribution in [3.05, 3.63) is 139 Å². The van der Waals surface area contributed by atoms with Gasteiger partial charge in [-0.15, -0.1) is 0 Å². The van der Waals surface area contributed by atoms with Crippen LogP contribution in [-0.2, 0) is 45.7 Å². The summed E-state index contributed by atoms with van der Waals surface area (Å²) in [5.41, 5.74) is 3.01. The Hall–Kier alpha value is -5.94. The second-order valence-electron chi connectivity index (χ2n) is 14.4. The van der Waals surface area contributed by atoms with Crippen molar-refractivity contribution in [3.63, 3.8) is 0 Å². The van der Waals surface area contributed by atoms with Crippen molar-refractivity contribution >= 4 is 52.4 Å². The van der Waals surface area contributed by atoms with Gasteiger partial charge in [-0.2, -0.15) is 0 Å². The van der Waals surface area contributed by atoms with Gasteiger partial charge in [-0.3, -0.25) is 14.9 Å². The number of hydrogen-bond acceptors (Lipinski definition) is 13. The van der Waals surface area contributed by atoms with E-state index in [9.17, 15) is 24.5 Å². The van der Waals surface area contributed by atoms with Crippen molar-refractivity contribution in [1.29, 1.82) is 0 Å². The Bertz CT molecular complexity index is 2270. The SMILES string of the molecule is CC(=O)N1CCN(c2ccc(OC[C@H]3CO[C@](Cn4ccnc4)(c4ccc(Cl)cc4Cl)O3)cc2)CC1.COC(=O)C1=C(C)NC(C)=C(C(=O)OC)C1c1ccccc1[N+](=O)[O-]. The molecule has 1 aromatic heterocycles. The fraction of sp³-hybridized carbons (Fsp3) is 0.349. The highest BCUT2D eigenvalue weighted by atomic mass is 35.5. The number of nitrogens with one attached hydrogen (secondary N) is 1. The Balaban J connectivity index is 0.000000219. The van der Waals surface area contributed by atoms with E-state index in [4.69, 9.17) is 46.9 Å². The van der Waals surface area contributed by atoms with Crippen LogP contribution in [0.1, 0.15) is 37.8 Å². The molecule has 18 heteroatoms. The Kier molecular flexibility index (Phi) is 14.4. The minimum Gasteiger partial charge on any atom is -0.491 e. The first-order valence-electron chi connectivity index (χ1n) is 19.3. The number of methoxy groups -OCH3 is 2. The molecule has 2 atom stereocenters. The molecule has 0 spiro atoms. The number of esters is 2. The number of carbonyl (C=O) groups excluding carboxylic acids is 3. The molecule has 1 amide bonds. The monoisotopic (exact) mass is 876 g/mol. The van der Waals surface area contributed by atoms with Crippen LogP contribution >= 0.6 is 23.2 Å². The van der Waals surface area contributed by atoms with E-state index in [0.29, 0.717) is 46.8 Å². The van der Waals surface area contributed by atoms with Gasteiger partial charge < -0.3 is 43.4 Å². The van der Waals surface area contributed by atoms with E-state index >= 15 is 0 Å². The van der Waals surface area contributed by atoms with Crippen LogP contribution < -0.4 is 15.0 Å². The van der Waals surface area contributed by atoms with Gasteiger partial charge in [0.2, 0.25) is 11.7 Å². The van der Waals surface area contributed by atoms with Crippen LogP contribution in [-0.4, -0.2) is 96.9 Å². The number of rotatable bonds is 11. The number of aromatic nitrogens is 2. The smallest absolute Gasteiger partial charge is 0.336 e. The first-order chi connectivity index (χ1) is 29.2. The van der Waals surface area contributed by atoms with Gasteiger partial charge >= 0.3 is 11.9 Å². The van der Waals surface area contributed by atoms with Gasteiger partial charge in [0.25, 0.3) is 5.69 Å². The topological polar surface area (TPSA) is 177 Å². The number of allylic oxidation sites excluding steroid dienone is 2. The van der Waals surface area contributed by atoms with Crippen molar-refractivity contribution in [2.45, 2.75) is 45.1 Å². The van der Waals surface area contributed by atoms with Gasteiger partial charge in [0, 0.05) is 84.8 Å². The lowest BCUT2D eigenvalue weighted by Gasteiger charge is -2.35. The number of para-hydroxylation sites is 1. The molecule has 3 aromatic carbocycles. The molecule has 4 aromatic rings. The normalized spacial score (nSPS) is 19.2. The van der Waals surface area contributed by atoms with Crippen molar-refractivity contribution in [2.24, 2.45) is 0 Å². The Labute approximate surface area is 362 Å². The Morgan fingerprint density at radius 1 is 0.951 bits per heavy atom. The predicted octanol–water partition coefficient (Wildman–Crippen LogP) is 6.38. The molecule has 3 aliphatic rings. The maximum Gasteiger partial charge on any atom is 0.336 e. The fourth-order valence-electron chi connectivity index (χ4n) is 7.56. The number of carbonyl (C=O) groups is 3. The number of anilines is 1. The molecule has 322 valence electrons. The number of hydrogen-bond donors (Lipinski definition) is 1. The number of piperazine rings is 1. The fourth-order valence-corrected chi connectivity index (χ4v) is 8.11. The van der Waals surface area contributed by atoms with Crippen LogP contribution in [0.3, 0.4) is 0 Å².